The van der Waals surface area contributed by atoms with Gasteiger partial charge in [0.1, 0.15) is 13.2 Å². The summed E-state index contributed by atoms with van der Waals surface area (Å²) in [4.78, 5) is 38.0. The molecule has 0 aromatic heterocycles. The van der Waals surface area contributed by atoms with Crippen LogP contribution in [0, 0.1) is 0 Å². The Hall–Kier alpha value is -2.37. The highest BCUT2D eigenvalue weighted by Gasteiger charge is 2.19. The second-order valence-electron chi connectivity index (χ2n) is 19.2. The summed E-state index contributed by atoms with van der Waals surface area (Å²) in [6.45, 7) is 6.59. The van der Waals surface area contributed by atoms with E-state index in [0.29, 0.717) is 19.3 Å². The van der Waals surface area contributed by atoms with Gasteiger partial charge in [0.15, 0.2) is 6.10 Å². The zero-order valence-electron chi connectivity index (χ0n) is 43.5. The molecule has 1 unspecified atom stereocenters. The maximum absolute atomic E-state index is 12.8. The second kappa shape index (κ2) is 54.2. The third-order valence-electron chi connectivity index (χ3n) is 12.6. The van der Waals surface area contributed by atoms with Crippen LogP contribution in [0.5, 0.6) is 0 Å². The number of unbranched alkanes of at least 4 members (excludes halogenated alkanes) is 35. The molecule has 0 N–H and O–H groups in total. The zero-order valence-corrected chi connectivity index (χ0v) is 43.5. The van der Waals surface area contributed by atoms with Crippen LogP contribution in [0.3, 0.4) is 0 Å². The van der Waals surface area contributed by atoms with Crippen molar-refractivity contribution in [3.8, 4) is 0 Å². The van der Waals surface area contributed by atoms with Crippen molar-refractivity contribution in [2.75, 3.05) is 13.2 Å². The van der Waals surface area contributed by atoms with Crippen molar-refractivity contribution in [3.63, 3.8) is 0 Å². The minimum Gasteiger partial charge on any atom is -0.462 e. The molecule has 0 bridgehead atoms. The smallest absolute Gasteiger partial charge is 0.306 e. The summed E-state index contributed by atoms with van der Waals surface area (Å²) in [6, 6.07) is 0. The standard InChI is InChI=1S/C59H108O6/c1-4-7-10-13-16-19-22-24-26-27-28-29-30-31-32-33-34-36-37-40-43-46-49-52-58(61)64-55-56(54-63-57(60)51-48-45-42-39-21-18-15-12-9-6-3)65-59(62)53-50-47-44-41-38-35-25-23-20-17-14-11-8-5-2/h12,15,22,24,27-28,56H,4-11,13-14,16-21,23,25-26,29-55H2,1-3H3/b15-12-,24-22-,28-27-. The highest BCUT2D eigenvalue weighted by Crippen LogP contribution is 2.16. The molecule has 6 heteroatoms. The lowest BCUT2D eigenvalue weighted by atomic mass is 10.0. The summed E-state index contributed by atoms with van der Waals surface area (Å²) in [5.74, 6) is -0.871. The molecule has 0 aliphatic heterocycles. The lowest BCUT2D eigenvalue weighted by Gasteiger charge is -2.18. The first-order valence-electron chi connectivity index (χ1n) is 28.5. The van der Waals surface area contributed by atoms with Gasteiger partial charge in [0.25, 0.3) is 0 Å². The highest BCUT2D eigenvalue weighted by molar-refractivity contribution is 5.71. The van der Waals surface area contributed by atoms with Crippen molar-refractivity contribution in [1.82, 2.24) is 0 Å². The fourth-order valence-electron chi connectivity index (χ4n) is 8.30. The van der Waals surface area contributed by atoms with Crippen LogP contribution >= 0.6 is 0 Å². The predicted octanol–water partition coefficient (Wildman–Crippen LogP) is 18.9. The molecular weight excluding hydrogens is 805 g/mol. The Bertz CT molecular complexity index is 1090. The van der Waals surface area contributed by atoms with Crippen LogP contribution in [-0.2, 0) is 28.6 Å². The molecule has 0 rings (SSSR count). The highest BCUT2D eigenvalue weighted by atomic mass is 16.6. The van der Waals surface area contributed by atoms with E-state index in [1.807, 2.05) is 0 Å². The van der Waals surface area contributed by atoms with E-state index in [-0.39, 0.29) is 31.1 Å². The van der Waals surface area contributed by atoms with Crippen molar-refractivity contribution in [2.24, 2.45) is 0 Å². The summed E-state index contributed by atoms with van der Waals surface area (Å²) in [7, 11) is 0. The summed E-state index contributed by atoms with van der Waals surface area (Å²) >= 11 is 0. The topological polar surface area (TPSA) is 78.9 Å². The van der Waals surface area contributed by atoms with Gasteiger partial charge in [-0.25, -0.2) is 0 Å². The number of hydrogen-bond donors (Lipinski definition) is 0. The first-order valence-corrected chi connectivity index (χ1v) is 28.5. The molecule has 65 heavy (non-hydrogen) atoms. The summed E-state index contributed by atoms with van der Waals surface area (Å²) in [5, 5.41) is 0. The first kappa shape index (κ1) is 62.6. The molecule has 0 aromatic rings. The van der Waals surface area contributed by atoms with E-state index in [0.717, 1.165) is 77.0 Å². The van der Waals surface area contributed by atoms with Gasteiger partial charge in [-0.3, -0.25) is 14.4 Å². The normalized spacial score (nSPS) is 12.2. The third kappa shape index (κ3) is 52.5. The molecule has 0 aromatic carbocycles. The minimum atomic E-state index is -0.772. The second-order valence-corrected chi connectivity index (χ2v) is 19.2. The van der Waals surface area contributed by atoms with E-state index in [9.17, 15) is 14.4 Å². The molecule has 1 atom stereocenters. The molecule has 0 saturated carbocycles. The maximum atomic E-state index is 12.8. The number of carbonyl (C=O) groups excluding carboxylic acids is 3. The largest absolute Gasteiger partial charge is 0.462 e. The van der Waals surface area contributed by atoms with Crippen molar-refractivity contribution in [2.45, 2.75) is 309 Å². The quantitative estimate of drug-likeness (QED) is 0.0262. The van der Waals surface area contributed by atoms with Gasteiger partial charge in [-0.15, -0.1) is 0 Å². The van der Waals surface area contributed by atoms with Gasteiger partial charge in [0.2, 0.25) is 0 Å². The Kier molecular flexibility index (Phi) is 52.3. The summed E-state index contributed by atoms with van der Waals surface area (Å²) in [5.41, 5.74) is 0. The average Bonchev–Trinajstić information content (AvgIpc) is 3.30. The number of carbonyl (C=O) groups is 3. The molecule has 0 heterocycles. The molecule has 0 fully saturated rings. The van der Waals surface area contributed by atoms with Crippen LogP contribution in [0.15, 0.2) is 36.5 Å². The lowest BCUT2D eigenvalue weighted by molar-refractivity contribution is -0.167. The Morgan fingerprint density at radius 3 is 0.923 bits per heavy atom. The molecule has 0 aliphatic rings. The molecular formula is C59H108O6. The average molecular weight is 914 g/mol. The van der Waals surface area contributed by atoms with Crippen molar-refractivity contribution in [1.29, 1.82) is 0 Å². The summed E-state index contributed by atoms with van der Waals surface area (Å²) in [6.07, 6.45) is 64.3. The van der Waals surface area contributed by atoms with Crippen LogP contribution in [0.2, 0.25) is 0 Å². The van der Waals surface area contributed by atoms with Crippen molar-refractivity contribution < 1.29 is 28.6 Å². The third-order valence-corrected chi connectivity index (χ3v) is 12.6. The number of hydrogen-bond acceptors (Lipinski definition) is 6. The van der Waals surface area contributed by atoms with Gasteiger partial charge in [0, 0.05) is 19.3 Å². The van der Waals surface area contributed by atoms with Crippen LogP contribution in [0.25, 0.3) is 0 Å². The number of esters is 3. The molecule has 0 amide bonds. The van der Waals surface area contributed by atoms with E-state index >= 15 is 0 Å². The Morgan fingerprint density at radius 1 is 0.308 bits per heavy atom. The fraction of sp³-hybridized carbons (Fsp3) is 0.847. The summed E-state index contributed by atoms with van der Waals surface area (Å²) < 4.78 is 16.8. The van der Waals surface area contributed by atoms with Gasteiger partial charge in [-0.1, -0.05) is 250 Å². The van der Waals surface area contributed by atoms with Crippen LogP contribution in [-0.4, -0.2) is 37.2 Å². The van der Waals surface area contributed by atoms with Gasteiger partial charge in [0.05, 0.1) is 0 Å². The molecule has 380 valence electrons. The zero-order chi connectivity index (χ0) is 47.2. The minimum absolute atomic E-state index is 0.0725. The van der Waals surface area contributed by atoms with E-state index in [1.165, 1.54) is 186 Å². The lowest BCUT2D eigenvalue weighted by Crippen LogP contribution is -2.30. The Morgan fingerprint density at radius 2 is 0.585 bits per heavy atom. The molecule has 0 spiro atoms. The number of ether oxygens (including phenoxy) is 3. The number of rotatable bonds is 52. The molecule has 0 saturated heterocycles. The van der Waals surface area contributed by atoms with Crippen molar-refractivity contribution >= 4 is 17.9 Å². The van der Waals surface area contributed by atoms with Crippen LogP contribution in [0.4, 0.5) is 0 Å². The van der Waals surface area contributed by atoms with Crippen LogP contribution < -0.4 is 0 Å². The van der Waals surface area contributed by atoms with E-state index in [2.05, 4.69) is 57.2 Å². The van der Waals surface area contributed by atoms with Gasteiger partial charge >= 0.3 is 17.9 Å². The van der Waals surface area contributed by atoms with Crippen LogP contribution in [0.1, 0.15) is 303 Å². The SMILES string of the molecule is CCC/C=C\CCCCCCCC(=O)OCC(COC(=O)CCCCCCCCCCCCC/C=C\C/C=C\CCCCCCC)OC(=O)CCCCCCCCCCCCCCCC. The monoisotopic (exact) mass is 913 g/mol. The Balaban J connectivity index is 4.22. The van der Waals surface area contributed by atoms with Crippen molar-refractivity contribution in [3.05, 3.63) is 36.5 Å². The van der Waals surface area contributed by atoms with E-state index in [4.69, 9.17) is 14.2 Å². The molecule has 6 nitrogen and oxygen atoms in total. The molecule has 0 radical (unpaired) electrons. The predicted molar refractivity (Wildman–Crippen MR) is 279 cm³/mol. The Labute approximate surface area is 404 Å². The first-order chi connectivity index (χ1) is 32.0. The fourth-order valence-corrected chi connectivity index (χ4v) is 8.30. The van der Waals surface area contributed by atoms with Gasteiger partial charge in [-0.2, -0.15) is 0 Å². The number of allylic oxidation sites excluding steroid dienone is 6. The van der Waals surface area contributed by atoms with Gasteiger partial charge < -0.3 is 14.2 Å². The molecule has 0 aliphatic carbocycles. The maximum Gasteiger partial charge on any atom is 0.306 e. The van der Waals surface area contributed by atoms with E-state index < -0.39 is 6.10 Å². The van der Waals surface area contributed by atoms with Gasteiger partial charge in [-0.05, 0) is 70.6 Å². The van der Waals surface area contributed by atoms with E-state index in [1.54, 1.807) is 0 Å².